The molecule has 0 aliphatic heterocycles. The number of hydrogen-bond donors (Lipinski definition) is 3. The van der Waals surface area contributed by atoms with E-state index in [0.29, 0.717) is 24.8 Å². The van der Waals surface area contributed by atoms with Gasteiger partial charge in [-0.1, -0.05) is 12.1 Å². The maximum Gasteiger partial charge on any atom is 0.191 e. The van der Waals surface area contributed by atoms with Gasteiger partial charge in [0.2, 0.25) is 0 Å². The quantitative estimate of drug-likeness (QED) is 0.247. The maximum absolute atomic E-state index is 10.1. The van der Waals surface area contributed by atoms with E-state index in [1.54, 1.807) is 30.2 Å². The summed E-state index contributed by atoms with van der Waals surface area (Å²) in [5.41, 5.74) is 2.44. The summed E-state index contributed by atoms with van der Waals surface area (Å²) in [5, 5.41) is 16.4. The summed E-state index contributed by atoms with van der Waals surface area (Å²) in [7, 11) is 0. The largest absolute Gasteiger partial charge is 0.467 e. The fourth-order valence-corrected chi connectivity index (χ4v) is 2.96. The summed E-state index contributed by atoms with van der Waals surface area (Å²) in [6.45, 7) is 5.78. The zero-order valence-electron chi connectivity index (χ0n) is 14.8. The van der Waals surface area contributed by atoms with Crippen LogP contribution in [0, 0.1) is 6.92 Å². The average Bonchev–Trinajstić information content (AvgIpc) is 3.12. The van der Waals surface area contributed by atoms with E-state index in [0.717, 1.165) is 6.54 Å². The number of furan rings is 1. The number of nitrogens with one attached hydrogen (secondary N) is 2. The molecule has 138 valence electrons. The number of guanidine groups is 1. The Kier molecular flexibility index (Phi) is 9.99. The van der Waals surface area contributed by atoms with Crippen LogP contribution in [0.4, 0.5) is 0 Å². The number of hydrogen-bond acceptors (Lipinski definition) is 4. The predicted octanol–water partition coefficient (Wildman–Crippen LogP) is 3.72. The number of rotatable bonds is 7. The lowest BCUT2D eigenvalue weighted by atomic mass is 10.1. The molecule has 1 atom stereocenters. The van der Waals surface area contributed by atoms with Gasteiger partial charge in [0.05, 0.1) is 19.4 Å². The number of aryl methyl sites for hydroxylation is 1. The minimum absolute atomic E-state index is 0. The molecule has 0 radical (unpaired) electrons. The number of aliphatic hydroxyl groups is 1. The van der Waals surface area contributed by atoms with Gasteiger partial charge in [0.1, 0.15) is 11.9 Å². The summed E-state index contributed by atoms with van der Waals surface area (Å²) in [5.74, 6) is 1.22. The number of aliphatic hydroxyl groups excluding tert-OH is 1. The molecule has 0 amide bonds. The van der Waals surface area contributed by atoms with Crippen LogP contribution in [0.5, 0.6) is 0 Å². The highest BCUT2D eigenvalue weighted by Crippen LogP contribution is 2.22. The molecular weight excluding hydrogens is 449 g/mol. The van der Waals surface area contributed by atoms with Crippen LogP contribution in [0.1, 0.15) is 29.9 Å². The van der Waals surface area contributed by atoms with Gasteiger partial charge in [-0.2, -0.15) is 0 Å². The van der Waals surface area contributed by atoms with E-state index in [4.69, 9.17) is 4.42 Å². The molecule has 0 aliphatic carbocycles. The van der Waals surface area contributed by atoms with Gasteiger partial charge in [-0.05, 0) is 49.4 Å². The van der Waals surface area contributed by atoms with Gasteiger partial charge in [0.25, 0.3) is 0 Å². The van der Waals surface area contributed by atoms with E-state index >= 15 is 0 Å². The van der Waals surface area contributed by atoms with Crippen LogP contribution in [0.15, 0.2) is 50.9 Å². The second-order valence-corrected chi connectivity index (χ2v) is 6.27. The fraction of sp³-hybridized carbons (Fsp3) is 0.389. The zero-order chi connectivity index (χ0) is 17.4. The van der Waals surface area contributed by atoms with E-state index in [2.05, 4.69) is 47.0 Å². The third kappa shape index (κ3) is 6.91. The normalized spacial score (nSPS) is 12.4. The van der Waals surface area contributed by atoms with Crippen LogP contribution < -0.4 is 10.6 Å². The highest BCUT2D eigenvalue weighted by atomic mass is 127. The highest BCUT2D eigenvalue weighted by Gasteiger charge is 2.11. The summed E-state index contributed by atoms with van der Waals surface area (Å²) >= 11 is 1.73. The Morgan fingerprint density at radius 3 is 2.76 bits per heavy atom. The molecule has 1 unspecified atom stereocenters. The van der Waals surface area contributed by atoms with Gasteiger partial charge in [0.15, 0.2) is 5.96 Å². The number of halogens is 1. The van der Waals surface area contributed by atoms with E-state index < -0.39 is 6.10 Å². The maximum atomic E-state index is 10.1. The van der Waals surface area contributed by atoms with Gasteiger partial charge in [0, 0.05) is 11.4 Å². The van der Waals surface area contributed by atoms with Crippen molar-refractivity contribution in [2.24, 2.45) is 4.99 Å². The van der Waals surface area contributed by atoms with E-state index in [-0.39, 0.29) is 24.0 Å². The summed E-state index contributed by atoms with van der Waals surface area (Å²) in [4.78, 5) is 5.86. The van der Waals surface area contributed by atoms with Crippen LogP contribution >= 0.6 is 35.7 Å². The van der Waals surface area contributed by atoms with Crippen molar-refractivity contribution in [3.8, 4) is 0 Å². The number of aliphatic imine (C=N–C) groups is 1. The molecule has 2 rings (SSSR count). The number of thioether (sulfide) groups is 1. The minimum Gasteiger partial charge on any atom is -0.467 e. The lowest BCUT2D eigenvalue weighted by molar-refractivity contribution is 0.153. The van der Waals surface area contributed by atoms with Crippen molar-refractivity contribution >= 4 is 41.7 Å². The minimum atomic E-state index is -0.704. The Morgan fingerprint density at radius 2 is 2.12 bits per heavy atom. The highest BCUT2D eigenvalue weighted by molar-refractivity contribution is 14.0. The first-order valence-electron chi connectivity index (χ1n) is 8.01. The van der Waals surface area contributed by atoms with Gasteiger partial charge < -0.3 is 20.2 Å². The molecule has 0 aliphatic rings. The van der Waals surface area contributed by atoms with E-state index in [9.17, 15) is 5.11 Å². The van der Waals surface area contributed by atoms with Gasteiger partial charge in [-0.25, -0.2) is 4.99 Å². The van der Waals surface area contributed by atoms with Crippen molar-refractivity contribution in [2.45, 2.75) is 31.4 Å². The summed E-state index contributed by atoms with van der Waals surface area (Å²) < 4.78 is 5.21. The Bertz CT molecular complexity index is 662. The molecule has 0 spiro atoms. The monoisotopic (exact) mass is 475 g/mol. The van der Waals surface area contributed by atoms with Crippen LogP contribution in [0.2, 0.25) is 0 Å². The Labute approximate surface area is 170 Å². The smallest absolute Gasteiger partial charge is 0.191 e. The zero-order valence-corrected chi connectivity index (χ0v) is 17.9. The Balaban J connectivity index is 0.00000312. The second kappa shape index (κ2) is 11.4. The fourth-order valence-electron chi connectivity index (χ4n) is 2.26. The van der Waals surface area contributed by atoms with Crippen molar-refractivity contribution in [1.82, 2.24) is 10.6 Å². The molecule has 7 heteroatoms. The Hall–Kier alpha value is -1.19. The van der Waals surface area contributed by atoms with Crippen LogP contribution in [0.25, 0.3) is 0 Å². The molecule has 1 aromatic carbocycles. The molecule has 5 nitrogen and oxygen atoms in total. The molecule has 3 N–H and O–H groups in total. The Morgan fingerprint density at radius 1 is 1.32 bits per heavy atom. The standard InChI is InChI=1S/C18H25N3O2S.HI/c1-4-19-18(21-12-15(22)16-6-5-9-23-16)20-11-14-8-7-13(2)10-17(14)24-3;/h5-10,15,22H,4,11-12H2,1-3H3,(H2,19,20,21);1H. The van der Waals surface area contributed by atoms with Gasteiger partial charge >= 0.3 is 0 Å². The van der Waals surface area contributed by atoms with E-state index in [1.165, 1.54) is 16.0 Å². The molecular formula is C18H26IN3O2S. The lowest BCUT2D eigenvalue weighted by Gasteiger charge is -2.14. The van der Waals surface area contributed by atoms with Gasteiger partial charge in [-0.15, -0.1) is 35.7 Å². The van der Waals surface area contributed by atoms with Crippen molar-refractivity contribution in [3.05, 3.63) is 53.5 Å². The van der Waals surface area contributed by atoms with Crippen molar-refractivity contribution in [2.75, 3.05) is 19.3 Å². The molecule has 1 aromatic heterocycles. The topological polar surface area (TPSA) is 69.8 Å². The summed E-state index contributed by atoms with van der Waals surface area (Å²) in [6.07, 6.45) is 2.93. The van der Waals surface area contributed by atoms with Crippen LogP contribution in [-0.2, 0) is 6.54 Å². The van der Waals surface area contributed by atoms with E-state index in [1.807, 2.05) is 6.92 Å². The lowest BCUT2D eigenvalue weighted by Crippen LogP contribution is -2.39. The summed E-state index contributed by atoms with van der Waals surface area (Å²) in [6, 6.07) is 9.92. The van der Waals surface area contributed by atoms with Crippen LogP contribution in [-0.4, -0.2) is 30.4 Å². The SMILES string of the molecule is CCNC(=NCc1ccc(C)cc1SC)NCC(O)c1ccco1.I. The number of nitrogens with zero attached hydrogens (tertiary/aromatic N) is 1. The van der Waals surface area contributed by atoms with Gasteiger partial charge in [-0.3, -0.25) is 0 Å². The molecule has 2 aromatic rings. The van der Waals surface area contributed by atoms with Crippen molar-refractivity contribution in [3.63, 3.8) is 0 Å². The first-order valence-corrected chi connectivity index (χ1v) is 9.23. The molecule has 0 bridgehead atoms. The van der Waals surface area contributed by atoms with Crippen molar-refractivity contribution < 1.29 is 9.52 Å². The average molecular weight is 475 g/mol. The first kappa shape index (κ1) is 21.9. The van der Waals surface area contributed by atoms with Crippen molar-refractivity contribution in [1.29, 1.82) is 0 Å². The number of benzene rings is 1. The molecule has 1 heterocycles. The van der Waals surface area contributed by atoms with Crippen LogP contribution in [0.3, 0.4) is 0 Å². The predicted molar refractivity (Wildman–Crippen MR) is 115 cm³/mol. The molecule has 0 saturated heterocycles. The third-order valence-corrected chi connectivity index (χ3v) is 4.35. The second-order valence-electron chi connectivity index (χ2n) is 5.42. The first-order chi connectivity index (χ1) is 11.6. The molecule has 25 heavy (non-hydrogen) atoms. The third-order valence-electron chi connectivity index (χ3n) is 3.53. The molecule has 0 fully saturated rings. The molecule has 0 saturated carbocycles.